The normalized spacial score (nSPS) is 21.8. The maximum atomic E-state index is 12.2. The molecule has 100 valence electrons. The highest BCUT2D eigenvalue weighted by molar-refractivity contribution is 7.91. The van der Waals surface area contributed by atoms with Crippen LogP contribution < -0.4 is 0 Å². The van der Waals surface area contributed by atoms with Gasteiger partial charge in [-0.15, -0.1) is 0 Å². The van der Waals surface area contributed by atoms with Crippen molar-refractivity contribution in [3.8, 4) is 0 Å². The number of hydrogen-bond donors (Lipinski definition) is 0. The zero-order chi connectivity index (χ0) is 13.6. The lowest BCUT2D eigenvalue weighted by atomic mass is 10.0. The molecule has 1 aliphatic heterocycles. The van der Waals surface area contributed by atoms with Gasteiger partial charge in [-0.25, -0.2) is 8.42 Å². The number of furan rings is 1. The summed E-state index contributed by atoms with van der Waals surface area (Å²) in [7, 11) is -3.08. The Morgan fingerprint density at radius 2 is 2.16 bits per heavy atom. The highest BCUT2D eigenvalue weighted by Crippen LogP contribution is 2.29. The van der Waals surface area contributed by atoms with E-state index in [-0.39, 0.29) is 23.0 Å². The molecule has 2 heterocycles. The van der Waals surface area contributed by atoms with E-state index in [1.807, 2.05) is 0 Å². The fourth-order valence-electron chi connectivity index (χ4n) is 2.35. The largest absolute Gasteiger partial charge is 0.451 e. The first-order valence-electron chi connectivity index (χ1n) is 5.89. The standard InChI is InChI=1S/C13H11ClO4S/c14-10-3-1-2-8-6-11(18-13(8)10)12(15)9-4-5-19(16,17)7-9/h1-3,6,9H,4-5,7H2. The van der Waals surface area contributed by atoms with Crippen molar-refractivity contribution < 1.29 is 17.6 Å². The van der Waals surface area contributed by atoms with E-state index in [0.29, 0.717) is 17.0 Å². The first kappa shape index (κ1) is 12.7. The van der Waals surface area contributed by atoms with Crippen molar-refractivity contribution in [3.63, 3.8) is 0 Å². The Labute approximate surface area is 115 Å². The van der Waals surface area contributed by atoms with E-state index < -0.39 is 15.8 Å². The van der Waals surface area contributed by atoms with Crippen molar-refractivity contribution in [1.82, 2.24) is 0 Å². The van der Waals surface area contributed by atoms with Crippen molar-refractivity contribution in [1.29, 1.82) is 0 Å². The van der Waals surface area contributed by atoms with Crippen LogP contribution in [0, 0.1) is 5.92 Å². The van der Waals surface area contributed by atoms with E-state index in [9.17, 15) is 13.2 Å². The molecule has 0 radical (unpaired) electrons. The van der Waals surface area contributed by atoms with Crippen LogP contribution in [0.3, 0.4) is 0 Å². The number of sulfone groups is 1. The van der Waals surface area contributed by atoms with Crippen molar-refractivity contribution in [3.05, 3.63) is 35.0 Å². The number of fused-ring (bicyclic) bond motifs is 1. The van der Waals surface area contributed by atoms with Crippen LogP contribution in [0.15, 0.2) is 28.7 Å². The number of Topliss-reactive ketones (excluding diaryl/α,β-unsaturated/α-hetero) is 1. The molecule has 3 rings (SSSR count). The molecular weight excluding hydrogens is 288 g/mol. The van der Waals surface area contributed by atoms with Gasteiger partial charge >= 0.3 is 0 Å². The van der Waals surface area contributed by atoms with Gasteiger partial charge in [-0.05, 0) is 18.6 Å². The van der Waals surface area contributed by atoms with Crippen LogP contribution >= 0.6 is 11.6 Å². The zero-order valence-corrected chi connectivity index (χ0v) is 11.5. The molecule has 1 aromatic carbocycles. The zero-order valence-electron chi connectivity index (χ0n) is 9.93. The van der Waals surface area contributed by atoms with Crippen LogP contribution in [0.1, 0.15) is 17.0 Å². The lowest BCUT2D eigenvalue weighted by molar-refractivity contribution is 0.0907. The van der Waals surface area contributed by atoms with Crippen LogP contribution in [0.4, 0.5) is 0 Å². The molecule has 1 fully saturated rings. The summed E-state index contributed by atoms with van der Waals surface area (Å²) in [6.45, 7) is 0. The number of carbonyl (C=O) groups excluding carboxylic acids is 1. The number of halogens is 1. The quantitative estimate of drug-likeness (QED) is 0.800. The number of para-hydroxylation sites is 1. The van der Waals surface area contributed by atoms with E-state index >= 15 is 0 Å². The molecule has 0 amide bonds. The van der Waals surface area contributed by atoms with Gasteiger partial charge in [0.15, 0.2) is 21.2 Å². The number of carbonyl (C=O) groups is 1. The number of hydrogen-bond acceptors (Lipinski definition) is 4. The third kappa shape index (κ3) is 2.28. The van der Waals surface area contributed by atoms with Crippen molar-refractivity contribution in [2.45, 2.75) is 6.42 Å². The molecule has 19 heavy (non-hydrogen) atoms. The first-order chi connectivity index (χ1) is 8.96. The second-order valence-corrected chi connectivity index (χ2v) is 7.37. The van der Waals surface area contributed by atoms with Crippen molar-refractivity contribution in [2.75, 3.05) is 11.5 Å². The van der Waals surface area contributed by atoms with Crippen LogP contribution in [-0.4, -0.2) is 25.7 Å². The highest BCUT2D eigenvalue weighted by Gasteiger charge is 2.34. The number of ketones is 1. The maximum absolute atomic E-state index is 12.2. The smallest absolute Gasteiger partial charge is 0.202 e. The van der Waals surface area contributed by atoms with Gasteiger partial charge in [-0.2, -0.15) is 0 Å². The van der Waals surface area contributed by atoms with Gasteiger partial charge in [0.25, 0.3) is 0 Å². The van der Waals surface area contributed by atoms with Crippen LogP contribution in [0.25, 0.3) is 11.0 Å². The van der Waals surface area contributed by atoms with E-state index in [2.05, 4.69) is 0 Å². The summed E-state index contributed by atoms with van der Waals surface area (Å²) in [6, 6.07) is 6.87. The first-order valence-corrected chi connectivity index (χ1v) is 8.09. The predicted molar refractivity (Wildman–Crippen MR) is 72.3 cm³/mol. The van der Waals surface area contributed by atoms with Crippen LogP contribution in [0.5, 0.6) is 0 Å². The third-order valence-electron chi connectivity index (χ3n) is 3.34. The summed E-state index contributed by atoms with van der Waals surface area (Å²) in [5, 5.41) is 1.19. The lowest BCUT2D eigenvalue weighted by Gasteiger charge is -2.02. The monoisotopic (exact) mass is 298 g/mol. The average Bonchev–Trinajstić information content (AvgIpc) is 2.92. The van der Waals surface area contributed by atoms with E-state index in [4.69, 9.17) is 16.0 Å². The molecule has 1 aromatic heterocycles. The van der Waals surface area contributed by atoms with Gasteiger partial charge in [0, 0.05) is 11.3 Å². The summed E-state index contributed by atoms with van der Waals surface area (Å²) in [5.74, 6) is -0.580. The van der Waals surface area contributed by atoms with Gasteiger partial charge in [0.2, 0.25) is 5.78 Å². The van der Waals surface area contributed by atoms with Gasteiger partial charge in [0.1, 0.15) is 0 Å². The Morgan fingerprint density at radius 3 is 2.79 bits per heavy atom. The van der Waals surface area contributed by atoms with E-state index in [1.54, 1.807) is 24.3 Å². The van der Waals surface area contributed by atoms with Gasteiger partial charge in [0.05, 0.1) is 16.5 Å². The van der Waals surface area contributed by atoms with Crippen molar-refractivity contribution in [2.24, 2.45) is 5.92 Å². The second kappa shape index (κ2) is 4.35. The second-order valence-electron chi connectivity index (χ2n) is 4.73. The summed E-state index contributed by atoms with van der Waals surface area (Å²) in [4.78, 5) is 12.2. The number of rotatable bonds is 2. The third-order valence-corrected chi connectivity index (χ3v) is 5.41. The number of benzene rings is 1. The minimum atomic E-state index is -3.08. The molecule has 0 aliphatic carbocycles. The molecule has 6 heteroatoms. The summed E-state index contributed by atoms with van der Waals surface area (Å²) < 4.78 is 28.3. The molecule has 2 aromatic rings. The Hall–Kier alpha value is -1.33. The molecule has 1 atom stereocenters. The topological polar surface area (TPSA) is 64.3 Å². The molecule has 0 saturated carbocycles. The van der Waals surface area contributed by atoms with Gasteiger partial charge in [-0.3, -0.25) is 4.79 Å². The van der Waals surface area contributed by atoms with Gasteiger partial charge < -0.3 is 4.42 Å². The highest BCUT2D eigenvalue weighted by atomic mass is 35.5. The lowest BCUT2D eigenvalue weighted by Crippen LogP contribution is -2.15. The fourth-order valence-corrected chi connectivity index (χ4v) is 4.31. The van der Waals surface area contributed by atoms with Crippen LogP contribution in [-0.2, 0) is 9.84 Å². The Bertz CT molecular complexity index is 760. The van der Waals surface area contributed by atoms with Gasteiger partial charge in [-0.1, -0.05) is 23.7 Å². The SMILES string of the molecule is O=C(c1cc2cccc(Cl)c2o1)C1CCS(=O)(=O)C1. The molecule has 1 aliphatic rings. The van der Waals surface area contributed by atoms with Crippen molar-refractivity contribution >= 4 is 38.2 Å². The molecule has 0 bridgehead atoms. The molecule has 1 saturated heterocycles. The predicted octanol–water partition coefficient (Wildman–Crippen LogP) is 2.70. The van der Waals surface area contributed by atoms with E-state index in [0.717, 1.165) is 5.39 Å². The summed E-state index contributed by atoms with van der Waals surface area (Å²) >= 11 is 5.98. The Balaban J connectivity index is 1.97. The maximum Gasteiger partial charge on any atom is 0.202 e. The minimum Gasteiger partial charge on any atom is -0.451 e. The Morgan fingerprint density at radius 1 is 1.37 bits per heavy atom. The molecule has 1 unspecified atom stereocenters. The summed E-state index contributed by atoms with van der Waals surface area (Å²) in [6.07, 6.45) is 0.367. The molecule has 4 nitrogen and oxygen atoms in total. The minimum absolute atomic E-state index is 0.0738. The average molecular weight is 299 g/mol. The van der Waals surface area contributed by atoms with E-state index in [1.165, 1.54) is 0 Å². The Kier molecular flexibility index (Phi) is 2.91. The summed E-state index contributed by atoms with van der Waals surface area (Å²) in [5.41, 5.74) is 0.466. The molecule has 0 N–H and O–H groups in total. The fraction of sp³-hybridized carbons (Fsp3) is 0.308. The molecular formula is C13H11ClO4S. The molecule has 0 spiro atoms. The van der Waals surface area contributed by atoms with Crippen LogP contribution in [0.2, 0.25) is 5.02 Å².